The molecular weight excluding hydrogens is 417 g/mol. The molecule has 2 rings (SSSR count). The third-order valence-electron chi connectivity index (χ3n) is 2.85. The second kappa shape index (κ2) is 14.3. The maximum absolute atomic E-state index is 13.1. The molecule has 0 saturated heterocycles. The van der Waals surface area contributed by atoms with Gasteiger partial charge in [0.1, 0.15) is 0 Å². The maximum Gasteiger partial charge on any atom is 0.165 e. The number of aliphatic imine (C=N–C) groups is 2. The summed E-state index contributed by atoms with van der Waals surface area (Å²) in [6.07, 6.45) is 2.71. The zero-order valence-electron chi connectivity index (χ0n) is 15.1. The molecule has 0 amide bonds. The van der Waals surface area contributed by atoms with E-state index in [2.05, 4.69) is 16.9 Å². The molecule has 2 aromatic carbocycles. The van der Waals surface area contributed by atoms with Crippen LogP contribution in [0.4, 0.5) is 8.78 Å². The van der Waals surface area contributed by atoms with Crippen LogP contribution in [-0.4, -0.2) is 41.5 Å². The molecule has 28 heavy (non-hydrogen) atoms. The van der Waals surface area contributed by atoms with Gasteiger partial charge in [-0.15, -0.1) is 0 Å². The molecule has 0 bridgehead atoms. The van der Waals surface area contributed by atoms with Gasteiger partial charge in [0.15, 0.2) is 23.1 Å². The Kier molecular flexibility index (Phi) is 14.0. The van der Waals surface area contributed by atoms with Gasteiger partial charge in [0.2, 0.25) is 0 Å². The molecule has 0 aromatic heterocycles. The number of phenolic OH excluding ortho intramolecular Hbond substituents is 2. The summed E-state index contributed by atoms with van der Waals surface area (Å²) in [4.78, 5) is 17.4. The van der Waals surface area contributed by atoms with Crippen LogP contribution in [0.2, 0.25) is 0 Å². The van der Waals surface area contributed by atoms with Crippen LogP contribution in [0.5, 0.6) is 11.5 Å². The molecular formula is C19H22CoF2N2O4. The first-order valence-corrected chi connectivity index (χ1v) is 7.60. The molecule has 155 valence electrons. The van der Waals surface area contributed by atoms with Crippen molar-refractivity contribution >= 4 is 18.2 Å². The van der Waals surface area contributed by atoms with Gasteiger partial charge in [-0.3, -0.25) is 9.98 Å². The number of rotatable bonds is 5. The number of nitrogens with zero attached hydrogens (tertiary/aromatic N) is 2. The van der Waals surface area contributed by atoms with Crippen LogP contribution < -0.4 is 0 Å². The Labute approximate surface area is 172 Å². The molecule has 1 radical (unpaired) electrons. The predicted octanol–water partition coefficient (Wildman–Crippen LogP) is 2.40. The summed E-state index contributed by atoms with van der Waals surface area (Å²) in [7, 11) is 0. The zero-order valence-corrected chi connectivity index (χ0v) is 16.1. The van der Waals surface area contributed by atoms with Crippen LogP contribution in [0.25, 0.3) is 0 Å². The van der Waals surface area contributed by atoms with Crippen LogP contribution in [0.1, 0.15) is 18.1 Å². The van der Waals surface area contributed by atoms with Crippen LogP contribution in [-0.2, 0) is 27.0 Å². The van der Waals surface area contributed by atoms with E-state index in [0.717, 1.165) is 12.1 Å². The Morgan fingerprint density at radius 2 is 1.29 bits per heavy atom. The van der Waals surface area contributed by atoms with E-state index in [4.69, 9.17) is 0 Å². The summed E-state index contributed by atoms with van der Waals surface area (Å²) in [6, 6.07) is 8.33. The van der Waals surface area contributed by atoms with Gasteiger partial charge in [-0.1, -0.05) is 12.1 Å². The minimum absolute atomic E-state index is 0. The molecule has 0 unspecified atom stereocenters. The SMILES string of the molecule is Oc1c(F)cccc1C=NCCN=Cc1cccc(F)c1O.[CH2-]C(C)=O.[Co].[OH3+]. The average molecular weight is 439 g/mol. The number of para-hydroxylation sites is 2. The van der Waals surface area contributed by atoms with Gasteiger partial charge >= 0.3 is 0 Å². The Morgan fingerprint density at radius 1 is 0.964 bits per heavy atom. The van der Waals surface area contributed by atoms with Crippen molar-refractivity contribution in [2.75, 3.05) is 13.1 Å². The number of halogens is 2. The first-order chi connectivity index (χ1) is 12.3. The minimum atomic E-state index is -0.705. The quantitative estimate of drug-likeness (QED) is 0.323. The van der Waals surface area contributed by atoms with Gasteiger partial charge in [-0.05, 0) is 37.0 Å². The van der Waals surface area contributed by atoms with Crippen molar-refractivity contribution in [1.82, 2.24) is 0 Å². The third kappa shape index (κ3) is 9.81. The largest absolute Gasteiger partial charge is 0.504 e. The van der Waals surface area contributed by atoms with Crippen molar-refractivity contribution in [3.8, 4) is 11.5 Å². The van der Waals surface area contributed by atoms with Crippen LogP contribution >= 0.6 is 0 Å². The van der Waals surface area contributed by atoms with Gasteiger partial charge in [0.25, 0.3) is 0 Å². The molecule has 0 saturated carbocycles. The Bertz CT molecular complexity index is 749. The molecule has 0 spiro atoms. The fraction of sp³-hybridized carbons (Fsp3) is 0.158. The third-order valence-corrected chi connectivity index (χ3v) is 2.85. The first-order valence-electron chi connectivity index (χ1n) is 7.60. The van der Waals surface area contributed by atoms with Crippen molar-refractivity contribution in [2.24, 2.45) is 9.98 Å². The molecule has 0 fully saturated rings. The number of carbonyl (C=O) groups excluding carboxylic acids is 1. The molecule has 6 nitrogen and oxygen atoms in total. The van der Waals surface area contributed by atoms with Gasteiger partial charge in [0, 0.05) is 40.3 Å². The molecule has 0 aliphatic heterocycles. The van der Waals surface area contributed by atoms with Crippen molar-refractivity contribution in [3.05, 3.63) is 66.1 Å². The monoisotopic (exact) mass is 439 g/mol. The summed E-state index contributed by atoms with van der Waals surface area (Å²) in [5, 5.41) is 18.9. The van der Waals surface area contributed by atoms with E-state index in [1.165, 1.54) is 43.6 Å². The molecule has 9 heteroatoms. The van der Waals surface area contributed by atoms with Crippen LogP contribution in [0.15, 0.2) is 46.4 Å². The van der Waals surface area contributed by atoms with Crippen molar-refractivity contribution in [1.29, 1.82) is 0 Å². The normalized spacial score (nSPS) is 9.96. The van der Waals surface area contributed by atoms with E-state index in [1.54, 1.807) is 0 Å². The zero-order chi connectivity index (χ0) is 19.5. The molecule has 0 aliphatic carbocycles. The Morgan fingerprint density at radius 3 is 1.61 bits per heavy atom. The Balaban J connectivity index is 0. The van der Waals surface area contributed by atoms with E-state index in [1.807, 2.05) is 0 Å². The van der Waals surface area contributed by atoms with Crippen LogP contribution in [0, 0.1) is 18.6 Å². The number of phenols is 2. The summed E-state index contributed by atoms with van der Waals surface area (Å²) < 4.78 is 26.2. The summed E-state index contributed by atoms with van der Waals surface area (Å²) in [5.74, 6) is -2.38. The Hall–Kier alpha value is -2.75. The van der Waals surface area contributed by atoms with E-state index < -0.39 is 23.1 Å². The average Bonchev–Trinajstić information content (AvgIpc) is 2.57. The van der Waals surface area contributed by atoms with Gasteiger partial charge in [-0.25, -0.2) is 8.78 Å². The summed E-state index contributed by atoms with van der Waals surface area (Å²) in [5.41, 5.74) is 0.568. The minimum Gasteiger partial charge on any atom is -0.504 e. The number of hydrogen-bond donors (Lipinski definition) is 2. The van der Waals surface area contributed by atoms with Crippen molar-refractivity contribution < 1.29 is 46.0 Å². The van der Waals surface area contributed by atoms with Crippen molar-refractivity contribution in [2.45, 2.75) is 6.92 Å². The van der Waals surface area contributed by atoms with E-state index in [0.29, 0.717) is 13.1 Å². The second-order valence-electron chi connectivity index (χ2n) is 5.13. The molecule has 0 aliphatic rings. The number of ketones is 1. The smallest absolute Gasteiger partial charge is 0.165 e. The first kappa shape index (κ1) is 27.5. The summed E-state index contributed by atoms with van der Waals surface area (Å²) in [6.45, 7) is 5.03. The van der Waals surface area contributed by atoms with Gasteiger partial charge in [0.05, 0.1) is 13.1 Å². The predicted molar refractivity (Wildman–Crippen MR) is 102 cm³/mol. The number of carbonyl (C=O) groups is 1. The molecule has 0 atom stereocenters. The fourth-order valence-electron chi connectivity index (χ4n) is 1.71. The number of Topliss-reactive ketones (excluding diaryl/α,β-unsaturated/α-hetero) is 1. The number of benzene rings is 2. The molecule has 0 heterocycles. The van der Waals surface area contributed by atoms with Gasteiger partial charge < -0.3 is 27.4 Å². The summed E-state index contributed by atoms with van der Waals surface area (Å²) >= 11 is 0. The standard InChI is InChI=1S/C16H14F2N2O2.C3H5O.Co.H2O/c17-13-5-1-3-11(15(13)21)9-19-7-8-20-10-12-4-2-6-14(18)16(12)22;1-3(2)4;;/h1-6,9-10,21-22H,7-8H2;1H2,2H3;;1H2/q;-1;;/p+1. The van der Waals surface area contributed by atoms with Gasteiger partial charge in [-0.2, -0.15) is 0 Å². The number of hydrogen-bond acceptors (Lipinski definition) is 5. The van der Waals surface area contributed by atoms with E-state index in [9.17, 15) is 23.8 Å². The van der Waals surface area contributed by atoms with Crippen molar-refractivity contribution in [3.63, 3.8) is 0 Å². The second-order valence-corrected chi connectivity index (χ2v) is 5.13. The van der Waals surface area contributed by atoms with Crippen LogP contribution in [0.3, 0.4) is 0 Å². The molecule has 5 N–H and O–H groups in total. The topological polar surface area (TPSA) is 115 Å². The van der Waals surface area contributed by atoms with E-state index in [-0.39, 0.29) is 39.2 Å². The number of aromatic hydroxyl groups is 2. The van der Waals surface area contributed by atoms with E-state index >= 15 is 0 Å². The fourth-order valence-corrected chi connectivity index (χ4v) is 1.71. The maximum atomic E-state index is 13.1. The molecule has 2 aromatic rings.